The number of carboxylic acid groups (broad SMARTS) is 2. The summed E-state index contributed by atoms with van der Waals surface area (Å²) in [5.41, 5.74) is 6.25. The van der Waals surface area contributed by atoms with E-state index in [1.165, 1.54) is 0 Å². The molecular formula is C8H11N3O4. The van der Waals surface area contributed by atoms with E-state index < -0.39 is 11.9 Å². The summed E-state index contributed by atoms with van der Waals surface area (Å²) < 4.78 is 0. The maximum atomic E-state index is 9.10. The molecule has 0 saturated carbocycles. The standard InChI is InChI=1S/C6H9N3.C2H2O4/c7-2-1-6-5-8-3-4-9-6;3-1(4)2(5)6/h3-5H,1-2,7H2;(H,3,4)(H,5,6). The molecule has 15 heavy (non-hydrogen) atoms. The Bertz CT molecular complexity index is 303. The molecule has 0 fully saturated rings. The molecule has 0 aliphatic rings. The van der Waals surface area contributed by atoms with Crippen molar-refractivity contribution in [2.75, 3.05) is 6.54 Å². The van der Waals surface area contributed by atoms with Crippen molar-refractivity contribution in [2.45, 2.75) is 6.42 Å². The molecule has 0 aliphatic carbocycles. The van der Waals surface area contributed by atoms with Gasteiger partial charge in [0.2, 0.25) is 0 Å². The van der Waals surface area contributed by atoms with Gasteiger partial charge in [0.25, 0.3) is 0 Å². The van der Waals surface area contributed by atoms with Crippen LogP contribution in [-0.2, 0) is 16.0 Å². The van der Waals surface area contributed by atoms with E-state index in [1.807, 2.05) is 0 Å². The third-order valence-electron chi connectivity index (χ3n) is 1.20. The molecule has 0 unspecified atom stereocenters. The number of nitrogens with zero attached hydrogens (tertiary/aromatic N) is 2. The minimum atomic E-state index is -1.82. The van der Waals surface area contributed by atoms with Gasteiger partial charge in [-0.3, -0.25) is 9.97 Å². The van der Waals surface area contributed by atoms with E-state index in [-0.39, 0.29) is 0 Å². The van der Waals surface area contributed by atoms with Crippen molar-refractivity contribution >= 4 is 11.9 Å². The van der Waals surface area contributed by atoms with Crippen LogP contribution in [0.3, 0.4) is 0 Å². The van der Waals surface area contributed by atoms with Crippen molar-refractivity contribution in [3.05, 3.63) is 24.3 Å². The second-order valence-electron chi connectivity index (χ2n) is 2.35. The fourth-order valence-electron chi connectivity index (χ4n) is 0.607. The first kappa shape index (κ1) is 13.0. The number of carboxylic acids is 2. The van der Waals surface area contributed by atoms with Crippen LogP contribution >= 0.6 is 0 Å². The summed E-state index contributed by atoms with van der Waals surface area (Å²) in [6.07, 6.45) is 5.87. The minimum absolute atomic E-state index is 0.638. The van der Waals surface area contributed by atoms with E-state index >= 15 is 0 Å². The highest BCUT2D eigenvalue weighted by atomic mass is 16.4. The molecule has 0 atom stereocenters. The van der Waals surface area contributed by atoms with Crippen LogP contribution in [0, 0.1) is 0 Å². The SMILES string of the molecule is NCCc1cnccn1.O=C(O)C(=O)O. The van der Waals surface area contributed by atoms with E-state index in [0.717, 1.165) is 12.1 Å². The van der Waals surface area contributed by atoms with E-state index in [0.29, 0.717) is 6.54 Å². The molecule has 1 heterocycles. The third kappa shape index (κ3) is 7.08. The van der Waals surface area contributed by atoms with Crippen LogP contribution in [0.2, 0.25) is 0 Å². The van der Waals surface area contributed by atoms with Crippen LogP contribution in [-0.4, -0.2) is 38.7 Å². The molecule has 1 aromatic rings. The predicted octanol–water partition coefficient (Wildman–Crippen LogP) is -0.867. The lowest BCUT2D eigenvalue weighted by Gasteiger charge is -1.92. The van der Waals surface area contributed by atoms with E-state index in [9.17, 15) is 0 Å². The minimum Gasteiger partial charge on any atom is -0.473 e. The van der Waals surface area contributed by atoms with Gasteiger partial charge in [0.15, 0.2) is 0 Å². The summed E-state index contributed by atoms with van der Waals surface area (Å²) in [6.45, 7) is 0.638. The molecule has 82 valence electrons. The number of aromatic nitrogens is 2. The highest BCUT2D eigenvalue weighted by Gasteiger charge is 2.04. The van der Waals surface area contributed by atoms with Gasteiger partial charge in [-0.2, -0.15) is 0 Å². The van der Waals surface area contributed by atoms with Gasteiger partial charge in [0.1, 0.15) is 0 Å². The Morgan fingerprint density at radius 1 is 1.27 bits per heavy atom. The third-order valence-corrected chi connectivity index (χ3v) is 1.20. The molecule has 0 amide bonds. The summed E-state index contributed by atoms with van der Waals surface area (Å²) >= 11 is 0. The summed E-state index contributed by atoms with van der Waals surface area (Å²) in [4.78, 5) is 26.1. The van der Waals surface area contributed by atoms with Gasteiger partial charge in [0, 0.05) is 25.0 Å². The van der Waals surface area contributed by atoms with E-state index in [4.69, 9.17) is 25.5 Å². The van der Waals surface area contributed by atoms with Crippen molar-refractivity contribution in [3.8, 4) is 0 Å². The molecule has 0 saturated heterocycles. The zero-order chi connectivity index (χ0) is 11.7. The van der Waals surface area contributed by atoms with Gasteiger partial charge in [-0.25, -0.2) is 9.59 Å². The molecule has 0 aromatic carbocycles. The van der Waals surface area contributed by atoms with E-state index in [1.54, 1.807) is 18.6 Å². The summed E-state index contributed by atoms with van der Waals surface area (Å²) in [5.74, 6) is -3.65. The van der Waals surface area contributed by atoms with Crippen LogP contribution in [0.1, 0.15) is 5.69 Å². The summed E-state index contributed by atoms with van der Waals surface area (Å²) in [6, 6.07) is 0. The van der Waals surface area contributed by atoms with Crippen LogP contribution in [0.25, 0.3) is 0 Å². The number of hydrogen-bond donors (Lipinski definition) is 3. The Hall–Kier alpha value is -2.02. The highest BCUT2D eigenvalue weighted by molar-refractivity contribution is 6.27. The predicted molar refractivity (Wildman–Crippen MR) is 50.1 cm³/mol. The number of nitrogens with two attached hydrogens (primary N) is 1. The Labute approximate surface area is 85.6 Å². The molecule has 0 radical (unpaired) electrons. The Balaban J connectivity index is 0.000000288. The van der Waals surface area contributed by atoms with Crippen molar-refractivity contribution in [1.82, 2.24) is 9.97 Å². The van der Waals surface area contributed by atoms with Crippen LogP contribution < -0.4 is 5.73 Å². The fraction of sp³-hybridized carbons (Fsp3) is 0.250. The van der Waals surface area contributed by atoms with Crippen LogP contribution in [0.4, 0.5) is 0 Å². The monoisotopic (exact) mass is 213 g/mol. The molecule has 7 nitrogen and oxygen atoms in total. The quantitative estimate of drug-likeness (QED) is 0.545. The molecule has 1 rings (SSSR count). The van der Waals surface area contributed by atoms with Gasteiger partial charge in [-0.15, -0.1) is 0 Å². The number of rotatable bonds is 2. The topological polar surface area (TPSA) is 126 Å². The Morgan fingerprint density at radius 3 is 2.20 bits per heavy atom. The van der Waals surface area contributed by atoms with Gasteiger partial charge >= 0.3 is 11.9 Å². The van der Waals surface area contributed by atoms with Gasteiger partial charge in [-0.05, 0) is 6.54 Å². The highest BCUT2D eigenvalue weighted by Crippen LogP contribution is 1.87. The molecule has 1 aromatic heterocycles. The smallest absolute Gasteiger partial charge is 0.414 e. The average Bonchev–Trinajstić information content (AvgIpc) is 2.20. The van der Waals surface area contributed by atoms with Crippen molar-refractivity contribution in [2.24, 2.45) is 5.73 Å². The van der Waals surface area contributed by atoms with Gasteiger partial charge in [-0.1, -0.05) is 0 Å². The first-order chi connectivity index (χ1) is 7.07. The number of aliphatic carboxylic acids is 2. The largest absolute Gasteiger partial charge is 0.473 e. The fourth-order valence-corrected chi connectivity index (χ4v) is 0.607. The summed E-state index contributed by atoms with van der Waals surface area (Å²) in [5, 5.41) is 14.8. The zero-order valence-electron chi connectivity index (χ0n) is 7.83. The normalized spacial score (nSPS) is 8.60. The maximum Gasteiger partial charge on any atom is 0.414 e. The van der Waals surface area contributed by atoms with E-state index in [2.05, 4.69) is 9.97 Å². The van der Waals surface area contributed by atoms with Gasteiger partial charge < -0.3 is 15.9 Å². The second kappa shape index (κ2) is 7.39. The number of hydrogen-bond acceptors (Lipinski definition) is 5. The molecule has 0 aliphatic heterocycles. The van der Waals surface area contributed by atoms with Crippen LogP contribution in [0.15, 0.2) is 18.6 Å². The van der Waals surface area contributed by atoms with Crippen molar-refractivity contribution < 1.29 is 19.8 Å². The Morgan fingerprint density at radius 2 is 1.87 bits per heavy atom. The van der Waals surface area contributed by atoms with Crippen molar-refractivity contribution in [3.63, 3.8) is 0 Å². The Kier molecular flexibility index (Phi) is 6.39. The van der Waals surface area contributed by atoms with Crippen LogP contribution in [0.5, 0.6) is 0 Å². The lowest BCUT2D eigenvalue weighted by Crippen LogP contribution is -2.09. The van der Waals surface area contributed by atoms with Gasteiger partial charge in [0.05, 0.1) is 5.69 Å². The lowest BCUT2D eigenvalue weighted by atomic mass is 10.3. The second-order valence-corrected chi connectivity index (χ2v) is 2.35. The molecule has 7 heteroatoms. The number of carbonyl (C=O) groups is 2. The molecular weight excluding hydrogens is 202 g/mol. The van der Waals surface area contributed by atoms with Crippen molar-refractivity contribution in [1.29, 1.82) is 0 Å². The summed E-state index contributed by atoms with van der Waals surface area (Å²) in [7, 11) is 0. The molecule has 4 N–H and O–H groups in total. The molecule has 0 spiro atoms. The maximum absolute atomic E-state index is 9.10. The first-order valence-corrected chi connectivity index (χ1v) is 3.99. The molecule has 0 bridgehead atoms. The first-order valence-electron chi connectivity index (χ1n) is 3.99. The lowest BCUT2D eigenvalue weighted by molar-refractivity contribution is -0.159. The average molecular weight is 213 g/mol. The zero-order valence-corrected chi connectivity index (χ0v) is 7.83.